The molecule has 2 aromatic carbocycles. The number of nitrogens with one attached hydrogen (secondary N) is 2. The average molecular weight is 385 g/mol. The van der Waals surface area contributed by atoms with Crippen molar-refractivity contribution >= 4 is 28.8 Å². The molecule has 1 aliphatic heterocycles. The normalized spacial score (nSPS) is 20.9. The van der Waals surface area contributed by atoms with E-state index in [-0.39, 0.29) is 11.2 Å². The average Bonchev–Trinajstić information content (AvgIpc) is 2.69. The summed E-state index contributed by atoms with van der Waals surface area (Å²) in [6.45, 7) is 6.16. The summed E-state index contributed by atoms with van der Waals surface area (Å²) in [4.78, 5) is 13.1. The van der Waals surface area contributed by atoms with Gasteiger partial charge in [-0.2, -0.15) is 0 Å². The highest BCUT2D eigenvalue weighted by atomic mass is 35.5. The number of hydrogen-bond donors (Lipinski definition) is 2. The first-order valence-electron chi connectivity index (χ1n) is 9.09. The molecule has 0 aromatic heterocycles. The van der Waals surface area contributed by atoms with E-state index in [2.05, 4.69) is 24.5 Å². The number of hydrogen-bond acceptors (Lipinski definition) is 3. The third-order valence-electron chi connectivity index (χ3n) is 5.26. The molecule has 1 aliphatic carbocycles. The fraction of sp³-hybridized carbons (Fsp3) is 0.318. The molecule has 2 aromatic rings. The van der Waals surface area contributed by atoms with Crippen LogP contribution in [0, 0.1) is 18.2 Å². The van der Waals surface area contributed by atoms with Crippen LogP contribution in [-0.4, -0.2) is 5.78 Å². The summed E-state index contributed by atoms with van der Waals surface area (Å²) < 4.78 is 14.8. The number of anilines is 2. The number of ketones is 1. The van der Waals surface area contributed by atoms with Crippen molar-refractivity contribution in [2.24, 2.45) is 5.41 Å². The van der Waals surface area contributed by atoms with Gasteiger partial charge in [0.1, 0.15) is 5.82 Å². The van der Waals surface area contributed by atoms with Crippen molar-refractivity contribution in [3.63, 3.8) is 0 Å². The van der Waals surface area contributed by atoms with Crippen LogP contribution in [0.15, 0.2) is 47.7 Å². The Morgan fingerprint density at radius 1 is 1.15 bits per heavy atom. The van der Waals surface area contributed by atoms with Crippen molar-refractivity contribution < 1.29 is 9.18 Å². The van der Waals surface area contributed by atoms with Gasteiger partial charge >= 0.3 is 0 Å². The molecule has 0 saturated heterocycles. The van der Waals surface area contributed by atoms with Gasteiger partial charge in [-0.15, -0.1) is 0 Å². The van der Waals surface area contributed by atoms with Crippen LogP contribution in [0.3, 0.4) is 0 Å². The summed E-state index contributed by atoms with van der Waals surface area (Å²) in [6, 6.07) is 9.99. The molecule has 5 heteroatoms. The second-order valence-electron chi connectivity index (χ2n) is 8.22. The fourth-order valence-corrected chi connectivity index (χ4v) is 4.33. The summed E-state index contributed by atoms with van der Waals surface area (Å²) in [5.41, 5.74) is 4.38. The maximum atomic E-state index is 14.8. The van der Waals surface area contributed by atoms with E-state index >= 15 is 0 Å². The monoisotopic (exact) mass is 384 g/mol. The number of rotatable bonds is 1. The molecule has 3 nitrogen and oxygen atoms in total. The van der Waals surface area contributed by atoms with Gasteiger partial charge in [-0.3, -0.25) is 4.79 Å². The molecule has 0 amide bonds. The summed E-state index contributed by atoms with van der Waals surface area (Å²) in [6.07, 6.45) is 1.14. The molecular formula is C22H22ClFN2O. The molecule has 0 unspecified atom stereocenters. The molecule has 4 rings (SSSR count). The Hall–Kier alpha value is -2.33. The van der Waals surface area contributed by atoms with Gasteiger partial charge in [0.15, 0.2) is 5.78 Å². The van der Waals surface area contributed by atoms with Crippen molar-refractivity contribution in [2.75, 3.05) is 10.6 Å². The summed E-state index contributed by atoms with van der Waals surface area (Å²) in [5.74, 6) is -0.393. The summed E-state index contributed by atoms with van der Waals surface area (Å²) in [5, 5.41) is 7.15. The smallest absolute Gasteiger partial charge is 0.163 e. The molecule has 2 N–H and O–H groups in total. The minimum absolute atomic E-state index is 0.0232. The Labute approximate surface area is 163 Å². The van der Waals surface area contributed by atoms with Crippen molar-refractivity contribution in [2.45, 2.75) is 39.7 Å². The van der Waals surface area contributed by atoms with E-state index in [4.69, 9.17) is 11.6 Å². The van der Waals surface area contributed by atoms with Crippen LogP contribution in [-0.2, 0) is 4.79 Å². The largest absolute Gasteiger partial charge is 0.372 e. The lowest BCUT2D eigenvalue weighted by Gasteiger charge is -2.34. The third kappa shape index (κ3) is 3.23. The number of carbonyl (C=O) groups excluding carboxylic acids is 1. The quantitative estimate of drug-likeness (QED) is 0.632. The van der Waals surface area contributed by atoms with Gasteiger partial charge in [-0.05, 0) is 48.6 Å². The zero-order valence-electron chi connectivity index (χ0n) is 15.6. The Morgan fingerprint density at radius 2 is 1.93 bits per heavy atom. The standard InChI is InChI=1S/C22H22ClFN2O/c1-12-7-8-15-16(9-12)26-21(19-13(23)5-4-6-14(19)24)20-17(25-15)10-22(2,3)11-18(20)27/h4-9,21,25-26H,10-11H2,1-3H3/t21-/m1/s1. The van der Waals surface area contributed by atoms with E-state index in [1.807, 2.05) is 25.1 Å². The number of aryl methyl sites for hydroxylation is 1. The van der Waals surface area contributed by atoms with Gasteiger partial charge < -0.3 is 10.6 Å². The highest BCUT2D eigenvalue weighted by Crippen LogP contribution is 2.46. The zero-order valence-corrected chi connectivity index (χ0v) is 16.4. The second-order valence-corrected chi connectivity index (χ2v) is 8.63. The van der Waals surface area contributed by atoms with Crippen molar-refractivity contribution in [3.05, 3.63) is 69.6 Å². The predicted octanol–water partition coefficient (Wildman–Crippen LogP) is 6.01. The van der Waals surface area contributed by atoms with Crippen molar-refractivity contribution in [1.82, 2.24) is 0 Å². The van der Waals surface area contributed by atoms with Crippen LogP contribution in [0.1, 0.15) is 43.9 Å². The SMILES string of the molecule is Cc1ccc2c(c1)N[C@H](c1c(F)cccc1Cl)C1=C(CC(C)(C)CC1=O)N2. The van der Waals surface area contributed by atoms with E-state index < -0.39 is 11.9 Å². The number of halogens is 2. The number of carbonyl (C=O) groups is 1. The predicted molar refractivity (Wildman–Crippen MR) is 108 cm³/mol. The number of allylic oxidation sites excluding steroid dienone is 1. The molecule has 0 bridgehead atoms. The molecular weight excluding hydrogens is 363 g/mol. The van der Waals surface area contributed by atoms with Crippen LogP contribution in [0.25, 0.3) is 0 Å². The Morgan fingerprint density at radius 3 is 2.67 bits per heavy atom. The first kappa shape index (κ1) is 18.1. The van der Waals surface area contributed by atoms with Gasteiger partial charge in [-0.25, -0.2) is 4.39 Å². The van der Waals surface area contributed by atoms with E-state index in [0.717, 1.165) is 22.6 Å². The van der Waals surface area contributed by atoms with Crippen molar-refractivity contribution in [3.8, 4) is 0 Å². The highest BCUT2D eigenvalue weighted by molar-refractivity contribution is 6.31. The highest BCUT2D eigenvalue weighted by Gasteiger charge is 2.40. The first-order valence-corrected chi connectivity index (χ1v) is 9.47. The van der Waals surface area contributed by atoms with Gasteiger partial charge in [0.25, 0.3) is 0 Å². The molecule has 0 saturated carbocycles. The lowest BCUT2D eigenvalue weighted by molar-refractivity contribution is -0.118. The Kier molecular flexibility index (Phi) is 4.26. The van der Waals surface area contributed by atoms with Crippen LogP contribution >= 0.6 is 11.6 Å². The number of benzene rings is 2. The maximum Gasteiger partial charge on any atom is 0.163 e. The molecule has 0 spiro atoms. The van der Waals surface area contributed by atoms with Crippen LogP contribution in [0.2, 0.25) is 5.02 Å². The minimum Gasteiger partial charge on any atom is -0.372 e. The van der Waals surface area contributed by atoms with E-state index in [1.165, 1.54) is 6.07 Å². The van der Waals surface area contributed by atoms with Crippen LogP contribution < -0.4 is 10.6 Å². The van der Waals surface area contributed by atoms with E-state index in [1.54, 1.807) is 12.1 Å². The van der Waals surface area contributed by atoms with Gasteiger partial charge in [-0.1, -0.05) is 37.6 Å². The Balaban J connectivity index is 1.95. The number of Topliss-reactive ketones (excluding diaryl/α,β-unsaturated/α-hetero) is 1. The lowest BCUT2D eigenvalue weighted by atomic mass is 9.73. The molecule has 1 atom stereocenters. The molecule has 1 heterocycles. The Bertz CT molecular complexity index is 960. The second kappa shape index (κ2) is 6.38. The summed E-state index contributed by atoms with van der Waals surface area (Å²) in [7, 11) is 0. The molecule has 140 valence electrons. The molecule has 2 aliphatic rings. The number of fused-ring (bicyclic) bond motifs is 1. The molecule has 0 fully saturated rings. The lowest BCUT2D eigenvalue weighted by Crippen LogP contribution is -2.31. The van der Waals surface area contributed by atoms with Crippen LogP contribution in [0.4, 0.5) is 15.8 Å². The molecule has 0 radical (unpaired) electrons. The van der Waals surface area contributed by atoms with Gasteiger partial charge in [0.2, 0.25) is 0 Å². The van der Waals surface area contributed by atoms with Crippen molar-refractivity contribution in [1.29, 1.82) is 0 Å². The minimum atomic E-state index is -0.632. The zero-order chi connectivity index (χ0) is 19.3. The summed E-state index contributed by atoms with van der Waals surface area (Å²) >= 11 is 6.38. The van der Waals surface area contributed by atoms with Gasteiger partial charge in [0.05, 0.1) is 17.4 Å². The van der Waals surface area contributed by atoms with E-state index in [0.29, 0.717) is 29.0 Å². The van der Waals surface area contributed by atoms with E-state index in [9.17, 15) is 9.18 Å². The van der Waals surface area contributed by atoms with Gasteiger partial charge in [0, 0.05) is 28.3 Å². The first-order chi connectivity index (χ1) is 12.7. The topological polar surface area (TPSA) is 41.1 Å². The fourth-order valence-electron chi connectivity index (χ4n) is 4.06. The maximum absolute atomic E-state index is 14.8. The molecule has 27 heavy (non-hydrogen) atoms. The van der Waals surface area contributed by atoms with Crippen LogP contribution in [0.5, 0.6) is 0 Å². The third-order valence-corrected chi connectivity index (χ3v) is 5.59.